The summed E-state index contributed by atoms with van der Waals surface area (Å²) in [5.41, 5.74) is 1.85. The first-order valence-corrected chi connectivity index (χ1v) is 8.00. The minimum Gasteiger partial charge on any atom is -0.454 e. The van der Waals surface area contributed by atoms with Crippen LogP contribution >= 0.6 is 0 Å². The standard InChI is InChI=1S/C18H26O4/c1-11-7-15(20)8-12(2)18(11,4)6-5-14-10-16(9-13(3)19)22-17(14)21/h7,10,12,15-16,20H,5-6,8-9H2,1-4H3/t12-,15+,16+,18-/m1/s1. The van der Waals surface area contributed by atoms with E-state index in [2.05, 4.69) is 20.8 Å². The van der Waals surface area contributed by atoms with E-state index < -0.39 is 6.10 Å². The first kappa shape index (κ1) is 16.9. The number of Topliss-reactive ketones (excluding diaryl/α,β-unsaturated/α-hetero) is 1. The van der Waals surface area contributed by atoms with E-state index >= 15 is 0 Å². The Morgan fingerprint density at radius 3 is 2.73 bits per heavy atom. The highest BCUT2D eigenvalue weighted by Crippen LogP contribution is 2.46. The molecule has 1 heterocycles. The molecule has 22 heavy (non-hydrogen) atoms. The number of rotatable bonds is 5. The lowest BCUT2D eigenvalue weighted by molar-refractivity contribution is -0.140. The quantitative estimate of drug-likeness (QED) is 0.626. The maximum Gasteiger partial charge on any atom is 0.334 e. The molecule has 0 aromatic carbocycles. The van der Waals surface area contributed by atoms with E-state index in [0.29, 0.717) is 17.9 Å². The van der Waals surface area contributed by atoms with Crippen molar-refractivity contribution < 1.29 is 19.4 Å². The lowest BCUT2D eigenvalue weighted by Gasteiger charge is -2.41. The Hall–Kier alpha value is -1.42. The normalized spacial score (nSPS) is 35.0. The Morgan fingerprint density at radius 2 is 2.14 bits per heavy atom. The number of aliphatic hydroxyl groups is 1. The molecule has 4 atom stereocenters. The van der Waals surface area contributed by atoms with Gasteiger partial charge in [0.25, 0.3) is 0 Å². The second-order valence-corrected chi connectivity index (χ2v) is 7.01. The van der Waals surface area contributed by atoms with Gasteiger partial charge in [-0.3, -0.25) is 4.79 Å². The molecule has 4 heteroatoms. The summed E-state index contributed by atoms with van der Waals surface area (Å²) in [7, 11) is 0. The molecular weight excluding hydrogens is 280 g/mol. The van der Waals surface area contributed by atoms with Gasteiger partial charge in [-0.1, -0.05) is 25.5 Å². The summed E-state index contributed by atoms with van der Waals surface area (Å²) < 4.78 is 5.22. The number of ether oxygens (including phenoxy) is 1. The fourth-order valence-corrected chi connectivity index (χ4v) is 3.50. The van der Waals surface area contributed by atoms with Gasteiger partial charge in [-0.25, -0.2) is 4.79 Å². The first-order chi connectivity index (χ1) is 10.2. The number of hydrogen-bond acceptors (Lipinski definition) is 4. The van der Waals surface area contributed by atoms with E-state index in [1.807, 2.05) is 6.08 Å². The molecule has 4 nitrogen and oxygen atoms in total. The molecule has 0 bridgehead atoms. The highest BCUT2D eigenvalue weighted by molar-refractivity contribution is 5.91. The Kier molecular flexibility index (Phi) is 4.90. The average molecular weight is 306 g/mol. The van der Waals surface area contributed by atoms with Gasteiger partial charge in [-0.15, -0.1) is 0 Å². The minimum absolute atomic E-state index is 0.0149. The Balaban J connectivity index is 2.04. The highest BCUT2D eigenvalue weighted by Gasteiger charge is 2.38. The van der Waals surface area contributed by atoms with Crippen molar-refractivity contribution in [1.82, 2.24) is 0 Å². The third kappa shape index (κ3) is 3.49. The number of cyclic esters (lactones) is 1. The van der Waals surface area contributed by atoms with Crippen LogP contribution in [0.15, 0.2) is 23.3 Å². The van der Waals surface area contributed by atoms with Crippen LogP contribution in [0.3, 0.4) is 0 Å². The van der Waals surface area contributed by atoms with Gasteiger partial charge in [-0.2, -0.15) is 0 Å². The van der Waals surface area contributed by atoms with Gasteiger partial charge >= 0.3 is 5.97 Å². The fraction of sp³-hybridized carbons (Fsp3) is 0.667. The number of esters is 1. The molecule has 0 amide bonds. The maximum absolute atomic E-state index is 11.9. The molecule has 1 aliphatic carbocycles. The molecule has 0 saturated heterocycles. The molecule has 0 spiro atoms. The van der Waals surface area contributed by atoms with Gasteiger partial charge in [0.05, 0.1) is 6.10 Å². The van der Waals surface area contributed by atoms with Crippen LogP contribution in [0.5, 0.6) is 0 Å². The predicted octanol–water partition coefficient (Wildman–Crippen LogP) is 2.95. The summed E-state index contributed by atoms with van der Waals surface area (Å²) in [5, 5.41) is 9.83. The van der Waals surface area contributed by atoms with Crippen molar-refractivity contribution in [2.45, 2.75) is 65.6 Å². The smallest absolute Gasteiger partial charge is 0.334 e. The molecule has 122 valence electrons. The van der Waals surface area contributed by atoms with Gasteiger partial charge < -0.3 is 9.84 Å². The summed E-state index contributed by atoms with van der Waals surface area (Å²) in [4.78, 5) is 23.0. The molecule has 0 fully saturated rings. The van der Waals surface area contributed by atoms with Gasteiger partial charge in [0.15, 0.2) is 0 Å². The number of hydrogen-bond donors (Lipinski definition) is 1. The van der Waals surface area contributed by atoms with Crippen LogP contribution in [-0.4, -0.2) is 29.1 Å². The van der Waals surface area contributed by atoms with Gasteiger partial charge in [0, 0.05) is 12.0 Å². The monoisotopic (exact) mass is 306 g/mol. The highest BCUT2D eigenvalue weighted by atomic mass is 16.5. The molecule has 0 unspecified atom stereocenters. The van der Waals surface area contributed by atoms with Gasteiger partial charge in [-0.05, 0) is 50.5 Å². The molecule has 1 aliphatic heterocycles. The van der Waals surface area contributed by atoms with Crippen molar-refractivity contribution in [3.8, 4) is 0 Å². The van der Waals surface area contributed by atoms with Crippen LogP contribution in [0.1, 0.15) is 53.4 Å². The number of carbonyl (C=O) groups excluding carboxylic acids is 2. The number of carbonyl (C=O) groups is 2. The topological polar surface area (TPSA) is 63.6 Å². The predicted molar refractivity (Wildman–Crippen MR) is 84.1 cm³/mol. The molecule has 0 saturated carbocycles. The van der Waals surface area contributed by atoms with Crippen molar-refractivity contribution in [2.75, 3.05) is 0 Å². The molecular formula is C18H26O4. The zero-order valence-electron chi connectivity index (χ0n) is 13.9. The van der Waals surface area contributed by atoms with Crippen LogP contribution in [0.2, 0.25) is 0 Å². The Labute approximate surface area is 132 Å². The molecule has 0 aromatic heterocycles. The van der Waals surface area contributed by atoms with Crippen LogP contribution in [-0.2, 0) is 14.3 Å². The van der Waals surface area contributed by atoms with Crippen molar-refractivity contribution in [3.63, 3.8) is 0 Å². The molecule has 0 aromatic rings. The van der Waals surface area contributed by atoms with E-state index in [1.165, 1.54) is 12.5 Å². The lowest BCUT2D eigenvalue weighted by atomic mass is 9.64. The Bertz CT molecular complexity index is 531. The van der Waals surface area contributed by atoms with Crippen molar-refractivity contribution >= 4 is 11.8 Å². The Morgan fingerprint density at radius 1 is 1.45 bits per heavy atom. The summed E-state index contributed by atoms with van der Waals surface area (Å²) in [6.07, 6.45) is 5.48. The van der Waals surface area contributed by atoms with Crippen LogP contribution in [0, 0.1) is 11.3 Å². The molecule has 2 rings (SSSR count). The van der Waals surface area contributed by atoms with Gasteiger partial charge in [0.2, 0.25) is 0 Å². The third-order valence-corrected chi connectivity index (χ3v) is 5.34. The largest absolute Gasteiger partial charge is 0.454 e. The zero-order valence-corrected chi connectivity index (χ0v) is 13.9. The number of aliphatic hydroxyl groups excluding tert-OH is 1. The average Bonchev–Trinajstić information content (AvgIpc) is 2.73. The van der Waals surface area contributed by atoms with Crippen LogP contribution < -0.4 is 0 Å². The summed E-state index contributed by atoms with van der Waals surface area (Å²) in [6, 6.07) is 0. The summed E-state index contributed by atoms with van der Waals surface area (Å²) in [5.74, 6) is 0.0921. The molecule has 1 N–H and O–H groups in total. The zero-order chi connectivity index (χ0) is 16.5. The second kappa shape index (κ2) is 6.37. The number of ketones is 1. The SMILES string of the molecule is CC(=O)C[C@H]1C=C(CC[C@]2(C)C(C)=C[C@H](O)C[C@H]2C)C(=O)O1. The van der Waals surface area contributed by atoms with Crippen LogP contribution in [0.25, 0.3) is 0 Å². The van der Waals surface area contributed by atoms with Crippen molar-refractivity contribution in [2.24, 2.45) is 11.3 Å². The summed E-state index contributed by atoms with van der Waals surface area (Å²) >= 11 is 0. The second-order valence-electron chi connectivity index (χ2n) is 7.01. The maximum atomic E-state index is 11.9. The third-order valence-electron chi connectivity index (χ3n) is 5.34. The van der Waals surface area contributed by atoms with E-state index in [0.717, 1.165) is 12.8 Å². The fourth-order valence-electron chi connectivity index (χ4n) is 3.50. The summed E-state index contributed by atoms with van der Waals surface area (Å²) in [6.45, 7) is 7.91. The van der Waals surface area contributed by atoms with E-state index in [-0.39, 0.29) is 29.7 Å². The molecule has 2 aliphatic rings. The number of allylic oxidation sites excluding steroid dienone is 1. The van der Waals surface area contributed by atoms with E-state index in [1.54, 1.807) is 6.08 Å². The van der Waals surface area contributed by atoms with E-state index in [4.69, 9.17) is 4.74 Å². The van der Waals surface area contributed by atoms with E-state index in [9.17, 15) is 14.7 Å². The van der Waals surface area contributed by atoms with Crippen molar-refractivity contribution in [3.05, 3.63) is 23.3 Å². The van der Waals surface area contributed by atoms with Gasteiger partial charge in [0.1, 0.15) is 11.9 Å². The minimum atomic E-state index is -0.393. The first-order valence-electron chi connectivity index (χ1n) is 8.00. The lowest BCUT2D eigenvalue weighted by Crippen LogP contribution is -2.34. The van der Waals surface area contributed by atoms with Crippen LogP contribution in [0.4, 0.5) is 0 Å². The van der Waals surface area contributed by atoms with Crippen molar-refractivity contribution in [1.29, 1.82) is 0 Å². The molecule has 0 radical (unpaired) electrons.